The zero-order valence-corrected chi connectivity index (χ0v) is 25.8. The average Bonchev–Trinajstić information content (AvgIpc) is 3.83. The van der Waals surface area contributed by atoms with Crippen molar-refractivity contribution in [1.82, 2.24) is 24.4 Å². The van der Waals surface area contributed by atoms with Crippen LogP contribution in [0.5, 0.6) is 5.75 Å². The Labute approximate surface area is 262 Å². The molecule has 1 aromatic carbocycles. The van der Waals surface area contributed by atoms with E-state index in [1.54, 1.807) is 29.3 Å². The summed E-state index contributed by atoms with van der Waals surface area (Å²) in [5, 5.41) is 0.298. The van der Waals surface area contributed by atoms with Crippen molar-refractivity contribution < 1.29 is 18.3 Å². The summed E-state index contributed by atoms with van der Waals surface area (Å²) in [5.74, 6) is -0.186. The summed E-state index contributed by atoms with van der Waals surface area (Å²) < 4.78 is 39.4. The number of ether oxygens (including phenoxy) is 1. The largest absolute Gasteiger partial charge is 0.491 e. The minimum absolute atomic E-state index is 0.0573. The number of amides is 1. The van der Waals surface area contributed by atoms with Gasteiger partial charge in [-0.25, -0.2) is 23.1 Å². The normalized spacial score (nSPS) is 19.4. The summed E-state index contributed by atoms with van der Waals surface area (Å²) in [6.07, 6.45) is 5.13. The lowest BCUT2D eigenvalue weighted by Gasteiger charge is -2.35. The van der Waals surface area contributed by atoms with Gasteiger partial charge < -0.3 is 14.5 Å². The third-order valence-corrected chi connectivity index (χ3v) is 9.73. The Morgan fingerprint density at radius 3 is 2.78 bits per heavy atom. The Balaban J connectivity index is 1.52. The van der Waals surface area contributed by atoms with Crippen molar-refractivity contribution in [2.45, 2.75) is 56.0 Å². The number of pyridine rings is 2. The standard InChI is InChI=1S/C33H32F2N6O3S/c1-4-26(42)39-12-13-40(23-17-22(23)39)31-19-16-21(35)29-27-20(34)8-7-9-25(27)45-15-6-5-14-44-24-10-11-36-28(18(2)3)30(24)41(32(19)37-29)33(43)38-31/h4,7-11,16,18,22-23H,1,5-6,12-15,17H2,2-3H3/t22-,23+/m1/s1. The topological polar surface area (TPSA) is 93.5 Å². The van der Waals surface area contributed by atoms with E-state index in [9.17, 15) is 9.59 Å². The zero-order chi connectivity index (χ0) is 31.4. The summed E-state index contributed by atoms with van der Waals surface area (Å²) in [6.45, 7) is 8.72. The van der Waals surface area contributed by atoms with Crippen molar-refractivity contribution in [3.05, 3.63) is 77.0 Å². The number of nitrogens with zero attached hydrogens (tertiary/aromatic N) is 6. The molecule has 2 atom stereocenters. The number of thioether (sulfide) groups is 1. The molecule has 2 fully saturated rings. The van der Waals surface area contributed by atoms with Crippen molar-refractivity contribution in [3.63, 3.8) is 0 Å². The first-order chi connectivity index (χ1) is 21.8. The fourth-order valence-electron chi connectivity index (χ4n) is 6.38. The van der Waals surface area contributed by atoms with Crippen LogP contribution in [0.2, 0.25) is 0 Å². The van der Waals surface area contributed by atoms with E-state index < -0.39 is 17.3 Å². The van der Waals surface area contributed by atoms with Crippen LogP contribution in [0.25, 0.3) is 28.0 Å². The molecule has 7 rings (SSSR count). The second-order valence-corrected chi connectivity index (χ2v) is 12.9. The molecular weight excluding hydrogens is 598 g/mol. The summed E-state index contributed by atoms with van der Waals surface area (Å²) in [6, 6.07) is 7.51. The van der Waals surface area contributed by atoms with Gasteiger partial charge in [-0.2, -0.15) is 4.98 Å². The highest BCUT2D eigenvalue weighted by atomic mass is 32.2. The maximum Gasteiger partial charge on any atom is 0.356 e. The van der Waals surface area contributed by atoms with E-state index in [4.69, 9.17) is 9.72 Å². The molecule has 0 spiro atoms. The van der Waals surface area contributed by atoms with Crippen LogP contribution in [0.3, 0.4) is 0 Å². The average molecular weight is 631 g/mol. The van der Waals surface area contributed by atoms with Crippen LogP contribution in [0.4, 0.5) is 14.6 Å². The van der Waals surface area contributed by atoms with Crippen LogP contribution in [-0.2, 0) is 4.79 Å². The second-order valence-electron chi connectivity index (χ2n) is 11.8. The van der Waals surface area contributed by atoms with Crippen molar-refractivity contribution in [3.8, 4) is 22.7 Å². The van der Waals surface area contributed by atoms with Gasteiger partial charge in [-0.15, -0.1) is 11.8 Å². The van der Waals surface area contributed by atoms with Crippen LogP contribution >= 0.6 is 11.8 Å². The summed E-state index contributed by atoms with van der Waals surface area (Å²) in [5.41, 5.74) is 0.331. The van der Waals surface area contributed by atoms with Gasteiger partial charge in [-0.3, -0.25) is 9.78 Å². The van der Waals surface area contributed by atoms with Crippen molar-refractivity contribution in [1.29, 1.82) is 0 Å². The second kappa shape index (κ2) is 11.6. The first kappa shape index (κ1) is 29.4. The first-order valence-electron chi connectivity index (χ1n) is 15.1. The van der Waals surface area contributed by atoms with Crippen LogP contribution in [-0.4, -0.2) is 67.9 Å². The molecule has 9 nitrogen and oxygen atoms in total. The minimum atomic E-state index is -0.727. The highest BCUT2D eigenvalue weighted by Crippen LogP contribution is 2.43. The molecule has 0 N–H and O–H groups in total. The van der Waals surface area contributed by atoms with E-state index in [-0.39, 0.29) is 46.6 Å². The highest BCUT2D eigenvalue weighted by Gasteiger charge is 2.51. The molecular formula is C33H32F2N6O3S. The Kier molecular flexibility index (Phi) is 7.55. The van der Waals surface area contributed by atoms with E-state index in [1.807, 2.05) is 18.7 Å². The molecule has 2 bridgehead atoms. The van der Waals surface area contributed by atoms with Gasteiger partial charge in [0.15, 0.2) is 11.5 Å². The molecule has 3 aliphatic rings. The highest BCUT2D eigenvalue weighted by molar-refractivity contribution is 7.99. The van der Waals surface area contributed by atoms with Gasteiger partial charge in [0.2, 0.25) is 5.91 Å². The number of anilines is 1. The number of piperazine rings is 1. The molecule has 1 amide bonds. The predicted molar refractivity (Wildman–Crippen MR) is 169 cm³/mol. The SMILES string of the molecule is C=CC(=O)N1CCN(c2nc(=O)n3c4nc(c(F)cc24)-c2c(F)cccc2SCCCCOc2ccnc(C(C)C)c2-3)[C@H]2C[C@H]21. The van der Waals surface area contributed by atoms with Crippen molar-refractivity contribution >= 4 is 34.5 Å². The Morgan fingerprint density at radius 2 is 1.98 bits per heavy atom. The molecule has 45 heavy (non-hydrogen) atoms. The molecule has 1 saturated heterocycles. The number of aromatic nitrogens is 4. The molecule has 232 valence electrons. The number of carbonyl (C=O) groups excluding carboxylic acids is 1. The van der Waals surface area contributed by atoms with Gasteiger partial charge in [0, 0.05) is 30.2 Å². The number of halogens is 2. The fourth-order valence-corrected chi connectivity index (χ4v) is 7.46. The van der Waals surface area contributed by atoms with Gasteiger partial charge in [0.05, 0.1) is 35.3 Å². The lowest BCUT2D eigenvalue weighted by molar-refractivity contribution is -0.126. The van der Waals surface area contributed by atoms with Crippen LogP contribution in [0.15, 0.2) is 58.9 Å². The van der Waals surface area contributed by atoms with Gasteiger partial charge in [-0.05, 0) is 55.2 Å². The van der Waals surface area contributed by atoms with Crippen molar-refractivity contribution in [2.75, 3.05) is 30.3 Å². The molecule has 5 heterocycles. The van der Waals surface area contributed by atoms with E-state index in [1.165, 1.54) is 34.5 Å². The number of fused-ring (bicyclic) bond motifs is 6. The van der Waals surface area contributed by atoms with E-state index in [0.29, 0.717) is 59.3 Å². The number of hydrogen-bond donors (Lipinski definition) is 0. The Morgan fingerprint density at radius 1 is 1.13 bits per heavy atom. The zero-order valence-electron chi connectivity index (χ0n) is 25.0. The third-order valence-electron chi connectivity index (χ3n) is 8.59. The molecule has 0 radical (unpaired) electrons. The molecule has 0 unspecified atom stereocenters. The van der Waals surface area contributed by atoms with Crippen molar-refractivity contribution in [2.24, 2.45) is 0 Å². The van der Waals surface area contributed by atoms with E-state index in [0.717, 1.165) is 12.8 Å². The number of benzene rings is 1. The molecule has 1 saturated carbocycles. The summed E-state index contributed by atoms with van der Waals surface area (Å²) in [4.78, 5) is 44.8. The van der Waals surface area contributed by atoms with Gasteiger partial charge >= 0.3 is 5.69 Å². The molecule has 12 heteroatoms. The minimum Gasteiger partial charge on any atom is -0.491 e. The lowest BCUT2D eigenvalue weighted by Crippen LogP contribution is -2.49. The molecule has 4 aromatic rings. The Hall–Kier alpha value is -4.32. The third kappa shape index (κ3) is 5.04. The molecule has 3 aromatic heterocycles. The van der Waals surface area contributed by atoms with Crippen LogP contribution in [0, 0.1) is 11.6 Å². The van der Waals surface area contributed by atoms with E-state index >= 15 is 8.78 Å². The number of rotatable bonds is 3. The molecule has 2 aliphatic heterocycles. The smallest absolute Gasteiger partial charge is 0.356 e. The van der Waals surface area contributed by atoms with Gasteiger partial charge in [-0.1, -0.05) is 26.5 Å². The monoisotopic (exact) mass is 630 g/mol. The summed E-state index contributed by atoms with van der Waals surface area (Å²) >= 11 is 1.43. The van der Waals surface area contributed by atoms with E-state index in [2.05, 4.69) is 16.5 Å². The van der Waals surface area contributed by atoms with Crippen LogP contribution in [0.1, 0.15) is 44.7 Å². The van der Waals surface area contributed by atoms with Gasteiger partial charge in [0.25, 0.3) is 0 Å². The fraction of sp³-hybridized carbons (Fsp3) is 0.364. The van der Waals surface area contributed by atoms with Gasteiger partial charge in [0.1, 0.15) is 28.8 Å². The predicted octanol–water partition coefficient (Wildman–Crippen LogP) is 5.48. The maximum absolute atomic E-state index is 16.3. The quantitative estimate of drug-likeness (QED) is 0.275. The first-order valence-corrected chi connectivity index (χ1v) is 16.1. The number of carbonyl (C=O) groups is 1. The lowest BCUT2D eigenvalue weighted by atomic mass is 10.1. The maximum atomic E-state index is 16.3. The molecule has 1 aliphatic carbocycles. The number of hydrogen-bond acceptors (Lipinski definition) is 8. The summed E-state index contributed by atoms with van der Waals surface area (Å²) in [7, 11) is 0. The van der Waals surface area contributed by atoms with Crippen LogP contribution < -0.4 is 15.3 Å². The Bertz CT molecular complexity index is 1910.